The Kier molecular flexibility index (Phi) is 7.31. The Bertz CT molecular complexity index is 897. The molecule has 1 aromatic rings. The van der Waals surface area contributed by atoms with Crippen LogP contribution in [0.5, 0.6) is 0 Å². The third kappa shape index (κ3) is 5.72. The zero-order chi connectivity index (χ0) is 23.5. The van der Waals surface area contributed by atoms with E-state index in [1.54, 1.807) is 23.2 Å². The Balaban J connectivity index is 1.61. The van der Waals surface area contributed by atoms with Gasteiger partial charge in [0, 0.05) is 25.7 Å². The van der Waals surface area contributed by atoms with Gasteiger partial charge in [-0.2, -0.15) is 0 Å². The summed E-state index contributed by atoms with van der Waals surface area (Å²) in [6, 6.07) is 3.08. The average molecular weight is 443 g/mol. The van der Waals surface area contributed by atoms with Gasteiger partial charge in [0.25, 0.3) is 5.71 Å². The minimum atomic E-state index is -0.443. The number of anilines is 1. The summed E-state index contributed by atoms with van der Waals surface area (Å²) in [6.45, 7) is 8.66. The number of carbonyl (C=O) groups is 3. The van der Waals surface area contributed by atoms with Crippen LogP contribution in [0, 0.1) is 11.3 Å². The van der Waals surface area contributed by atoms with E-state index in [1.807, 2.05) is 0 Å². The first-order valence-corrected chi connectivity index (χ1v) is 11.5. The number of likely N-dealkylation sites (tertiary alicyclic amines) is 1. The highest BCUT2D eigenvalue weighted by molar-refractivity contribution is 6.43. The van der Waals surface area contributed by atoms with Crippen molar-refractivity contribution < 1.29 is 19.8 Å². The third-order valence-corrected chi connectivity index (χ3v) is 6.49. The molecule has 3 rings (SSSR count). The second-order valence-electron chi connectivity index (χ2n) is 10.1. The first-order valence-electron chi connectivity index (χ1n) is 11.5. The summed E-state index contributed by atoms with van der Waals surface area (Å²) in [5.41, 5.74) is 0.776. The molecule has 2 fully saturated rings. The third-order valence-electron chi connectivity index (χ3n) is 6.49. The number of hydrogen-bond acceptors (Lipinski definition) is 5. The van der Waals surface area contributed by atoms with E-state index >= 15 is 0 Å². The monoisotopic (exact) mass is 442 g/mol. The Hall–Kier alpha value is -2.77. The molecule has 174 valence electrons. The zero-order valence-electron chi connectivity index (χ0n) is 19.6. The molecule has 32 heavy (non-hydrogen) atoms. The summed E-state index contributed by atoms with van der Waals surface area (Å²) in [5, 5.41) is 12.1. The number of Topliss-reactive ketones (excluding diaryl/α,β-unsaturated/α-hetero) is 1. The van der Waals surface area contributed by atoms with E-state index in [4.69, 9.17) is 5.41 Å². The second kappa shape index (κ2) is 9.79. The molecule has 8 nitrogen and oxygen atoms in total. The van der Waals surface area contributed by atoms with Crippen molar-refractivity contribution in [2.45, 2.75) is 71.9 Å². The lowest BCUT2D eigenvalue weighted by molar-refractivity contribution is -0.137. The van der Waals surface area contributed by atoms with Crippen molar-refractivity contribution in [2.75, 3.05) is 18.4 Å². The quantitative estimate of drug-likeness (QED) is 0.544. The molecule has 2 aliphatic rings. The minimum absolute atomic E-state index is 0.0214. The van der Waals surface area contributed by atoms with Crippen molar-refractivity contribution in [3.05, 3.63) is 23.9 Å². The fraction of sp³-hybridized carbons (Fsp3) is 0.625. The van der Waals surface area contributed by atoms with E-state index in [0.29, 0.717) is 30.3 Å². The maximum absolute atomic E-state index is 13.0. The molecule has 0 radical (unpaired) electrons. The molecule has 0 spiro atoms. The average Bonchev–Trinajstić information content (AvgIpc) is 3.20. The van der Waals surface area contributed by atoms with Gasteiger partial charge in [0.15, 0.2) is 0 Å². The molecule has 2 amide bonds. The smallest absolute Gasteiger partial charge is 0.250 e. The highest BCUT2D eigenvalue weighted by Crippen LogP contribution is 2.38. The Morgan fingerprint density at radius 2 is 2.03 bits per heavy atom. The maximum Gasteiger partial charge on any atom is 0.250 e. The van der Waals surface area contributed by atoms with Crippen LogP contribution in [0.15, 0.2) is 18.3 Å². The lowest BCUT2D eigenvalue weighted by Gasteiger charge is -2.39. The summed E-state index contributed by atoms with van der Waals surface area (Å²) in [7, 11) is 0. The number of hydrogen-bond donors (Lipinski definition) is 3. The zero-order valence-corrected chi connectivity index (χ0v) is 19.6. The van der Waals surface area contributed by atoms with Crippen molar-refractivity contribution >= 4 is 29.1 Å². The molecular weight excluding hydrogens is 406 g/mol. The Morgan fingerprint density at radius 3 is 2.72 bits per heavy atom. The van der Waals surface area contributed by atoms with Crippen LogP contribution < -0.4 is 16.0 Å². The topological polar surface area (TPSA) is 117 Å². The number of nitrogens with zero attached hydrogens (tertiary/aromatic N) is 2. The molecule has 1 aliphatic heterocycles. The largest absolute Gasteiger partial charge is 0.360 e. The molecule has 8 heteroatoms. The van der Waals surface area contributed by atoms with Crippen molar-refractivity contribution in [3.63, 3.8) is 0 Å². The van der Waals surface area contributed by atoms with Crippen LogP contribution in [0.2, 0.25) is 0 Å². The van der Waals surface area contributed by atoms with Crippen molar-refractivity contribution in [1.82, 2.24) is 15.2 Å². The number of carbonyl (C=O) groups excluding carboxylic acids is 3. The minimum Gasteiger partial charge on any atom is -0.360 e. The van der Waals surface area contributed by atoms with Crippen LogP contribution in [0.1, 0.15) is 65.4 Å². The molecular formula is C24H36N5O3+. The first-order chi connectivity index (χ1) is 15.1. The van der Waals surface area contributed by atoms with Crippen molar-refractivity contribution in [2.24, 2.45) is 11.3 Å². The molecule has 0 bridgehead atoms. The van der Waals surface area contributed by atoms with E-state index in [2.05, 4.69) is 36.4 Å². The van der Waals surface area contributed by atoms with Gasteiger partial charge in [0.05, 0.1) is 12.1 Å². The number of rotatable bonds is 7. The number of nitrogens with one attached hydrogen (secondary N) is 2. The predicted molar refractivity (Wildman–Crippen MR) is 123 cm³/mol. The lowest BCUT2D eigenvalue weighted by atomic mass is 9.70. The van der Waals surface area contributed by atoms with Gasteiger partial charge >= 0.3 is 0 Å². The van der Waals surface area contributed by atoms with Gasteiger partial charge in [-0.3, -0.25) is 19.8 Å². The summed E-state index contributed by atoms with van der Waals surface area (Å²) < 4.78 is 0. The molecule has 1 aromatic heterocycles. The highest BCUT2D eigenvalue weighted by atomic mass is 16.2. The van der Waals surface area contributed by atoms with E-state index in [-0.39, 0.29) is 41.3 Å². The van der Waals surface area contributed by atoms with Crippen LogP contribution in [0.4, 0.5) is 5.82 Å². The van der Waals surface area contributed by atoms with Gasteiger partial charge in [0.2, 0.25) is 17.6 Å². The Morgan fingerprint density at radius 1 is 1.28 bits per heavy atom. The second-order valence-corrected chi connectivity index (χ2v) is 10.1. The van der Waals surface area contributed by atoms with Gasteiger partial charge < -0.3 is 15.5 Å². The van der Waals surface area contributed by atoms with Crippen LogP contribution in [0.25, 0.3) is 0 Å². The number of ketones is 1. The highest BCUT2D eigenvalue weighted by Gasteiger charge is 2.37. The SMILES string of the molecule is CC(=O)C(=[NH2+])c1cccnc1NCC(=O)N1CCC[C@H]1C(=O)NC1CC(C)CC(C)(C)C1. The summed E-state index contributed by atoms with van der Waals surface area (Å²) in [4.78, 5) is 43.5. The molecule has 4 N–H and O–H groups in total. The first kappa shape index (κ1) is 23.9. The van der Waals surface area contributed by atoms with Gasteiger partial charge in [-0.15, -0.1) is 0 Å². The lowest BCUT2D eigenvalue weighted by Crippen LogP contribution is -2.52. The van der Waals surface area contributed by atoms with Crippen LogP contribution in [-0.4, -0.2) is 58.4 Å². The van der Waals surface area contributed by atoms with Crippen LogP contribution >= 0.6 is 0 Å². The number of aromatic nitrogens is 1. The van der Waals surface area contributed by atoms with E-state index in [0.717, 1.165) is 19.3 Å². The number of nitrogens with two attached hydrogens (primary N) is 1. The fourth-order valence-corrected chi connectivity index (χ4v) is 5.31. The van der Waals surface area contributed by atoms with E-state index < -0.39 is 6.04 Å². The summed E-state index contributed by atoms with van der Waals surface area (Å²) >= 11 is 0. The maximum atomic E-state index is 13.0. The number of pyridine rings is 1. The van der Waals surface area contributed by atoms with Crippen molar-refractivity contribution in [3.8, 4) is 0 Å². The molecule has 2 heterocycles. The molecule has 2 unspecified atom stereocenters. The number of amides is 2. The molecule has 1 saturated heterocycles. The summed E-state index contributed by atoms with van der Waals surface area (Å²) in [6.07, 6.45) is 6.15. The van der Waals surface area contributed by atoms with Crippen molar-refractivity contribution in [1.29, 1.82) is 0 Å². The normalized spacial score (nSPS) is 24.6. The Labute approximate surface area is 190 Å². The molecule has 3 atom stereocenters. The molecule has 1 aliphatic carbocycles. The molecule has 0 aromatic carbocycles. The predicted octanol–water partition coefficient (Wildman–Crippen LogP) is 0.953. The fourth-order valence-electron chi connectivity index (χ4n) is 5.31. The summed E-state index contributed by atoms with van der Waals surface area (Å²) in [5.74, 6) is 0.467. The van der Waals surface area contributed by atoms with Gasteiger partial charge in [-0.1, -0.05) is 20.8 Å². The van der Waals surface area contributed by atoms with E-state index in [1.165, 1.54) is 13.3 Å². The van der Waals surface area contributed by atoms with Gasteiger partial charge in [0.1, 0.15) is 11.9 Å². The van der Waals surface area contributed by atoms with Crippen LogP contribution in [0.3, 0.4) is 0 Å². The van der Waals surface area contributed by atoms with Gasteiger partial charge in [-0.05, 0) is 55.6 Å². The van der Waals surface area contributed by atoms with E-state index in [9.17, 15) is 14.4 Å². The standard InChI is InChI=1S/C24H35N5O3/c1-15-11-17(13-24(3,4)12-15)28-23(32)19-8-6-10-29(19)20(31)14-27-22-18(7-5-9-26-22)21(25)16(2)30/h5,7,9,15,17,19,25H,6,8,10-14H2,1-4H3,(H,26,27)(H,28,32)/p+1/t15?,17?,19-/m0/s1. The van der Waals surface area contributed by atoms with Gasteiger partial charge in [-0.25, -0.2) is 4.98 Å². The van der Waals surface area contributed by atoms with Crippen LogP contribution in [-0.2, 0) is 14.4 Å². The molecule has 1 saturated carbocycles.